The Bertz CT molecular complexity index is 759. The fourth-order valence-corrected chi connectivity index (χ4v) is 2.29. The van der Waals surface area contributed by atoms with Crippen LogP contribution in [0.2, 0.25) is 5.02 Å². The van der Waals surface area contributed by atoms with Gasteiger partial charge in [-0.15, -0.1) is 0 Å². The molecule has 23 heavy (non-hydrogen) atoms. The number of nitrogens with one attached hydrogen (secondary N) is 1. The molecule has 118 valence electrons. The summed E-state index contributed by atoms with van der Waals surface area (Å²) in [5.41, 5.74) is 1.31. The zero-order valence-corrected chi connectivity index (χ0v) is 13.0. The number of amides is 1. The Kier molecular flexibility index (Phi) is 4.34. The molecule has 0 atom stereocenters. The van der Waals surface area contributed by atoms with Gasteiger partial charge in [-0.2, -0.15) is 0 Å². The summed E-state index contributed by atoms with van der Waals surface area (Å²) in [6.07, 6.45) is 4.56. The normalized spacial score (nSPS) is 12.4. The minimum Gasteiger partial charge on any atom is -0.481 e. The Morgan fingerprint density at radius 2 is 2.26 bits per heavy atom. The molecular formula is C16H13ClN2O4. The fraction of sp³-hybridized carbons (Fsp3) is 0.125. The van der Waals surface area contributed by atoms with Gasteiger partial charge in [-0.1, -0.05) is 11.6 Å². The minimum absolute atomic E-state index is 0.146. The number of hydrogen-bond donors (Lipinski definition) is 1. The van der Waals surface area contributed by atoms with Crippen molar-refractivity contribution in [2.45, 2.75) is 0 Å². The summed E-state index contributed by atoms with van der Waals surface area (Å²) in [7, 11) is 1.53. The average molecular weight is 333 g/mol. The van der Waals surface area contributed by atoms with Crippen LogP contribution < -0.4 is 19.5 Å². The van der Waals surface area contributed by atoms with Crippen molar-refractivity contribution in [1.82, 2.24) is 4.98 Å². The second-order valence-corrected chi connectivity index (χ2v) is 5.06. The third-order valence-electron chi connectivity index (χ3n) is 3.09. The van der Waals surface area contributed by atoms with E-state index in [9.17, 15) is 4.79 Å². The predicted molar refractivity (Wildman–Crippen MR) is 86.0 cm³/mol. The Balaban J connectivity index is 1.67. The Morgan fingerprint density at radius 1 is 1.39 bits per heavy atom. The molecule has 2 aromatic rings. The van der Waals surface area contributed by atoms with Gasteiger partial charge in [-0.3, -0.25) is 4.79 Å². The summed E-state index contributed by atoms with van der Waals surface area (Å²) >= 11 is 6.09. The van der Waals surface area contributed by atoms with Gasteiger partial charge in [0.2, 0.25) is 18.6 Å². The summed E-state index contributed by atoms with van der Waals surface area (Å²) in [5, 5.41) is 3.14. The third-order valence-corrected chi connectivity index (χ3v) is 3.37. The molecule has 1 aromatic carbocycles. The lowest BCUT2D eigenvalue weighted by atomic mass is 10.2. The molecule has 0 aliphatic carbocycles. The summed E-state index contributed by atoms with van der Waals surface area (Å²) in [5.74, 6) is 1.29. The second kappa shape index (κ2) is 6.58. The van der Waals surface area contributed by atoms with Crippen LogP contribution in [0.1, 0.15) is 5.56 Å². The smallest absolute Gasteiger partial charge is 0.248 e. The van der Waals surface area contributed by atoms with Crippen molar-refractivity contribution in [3.63, 3.8) is 0 Å². The number of carbonyl (C=O) groups excluding carboxylic acids is 1. The molecule has 0 unspecified atom stereocenters. The number of aromatic nitrogens is 1. The topological polar surface area (TPSA) is 69.7 Å². The second-order valence-electron chi connectivity index (χ2n) is 4.65. The first-order valence-corrected chi connectivity index (χ1v) is 7.12. The quantitative estimate of drug-likeness (QED) is 0.871. The monoisotopic (exact) mass is 332 g/mol. The van der Waals surface area contributed by atoms with Gasteiger partial charge in [0, 0.05) is 12.1 Å². The number of fused-ring (bicyclic) bond motifs is 1. The van der Waals surface area contributed by atoms with Gasteiger partial charge in [0.15, 0.2) is 11.5 Å². The lowest BCUT2D eigenvalue weighted by Gasteiger charge is -2.03. The maximum Gasteiger partial charge on any atom is 0.248 e. The zero-order valence-electron chi connectivity index (χ0n) is 12.2. The molecule has 1 aromatic heterocycles. The Morgan fingerprint density at radius 3 is 3.00 bits per heavy atom. The maximum atomic E-state index is 11.9. The Hall–Kier alpha value is -2.73. The van der Waals surface area contributed by atoms with E-state index in [0.717, 1.165) is 5.56 Å². The number of hydrogen-bond acceptors (Lipinski definition) is 5. The predicted octanol–water partition coefficient (Wildman–Crippen LogP) is 3.12. The van der Waals surface area contributed by atoms with Gasteiger partial charge < -0.3 is 19.5 Å². The van der Waals surface area contributed by atoms with E-state index < -0.39 is 0 Å². The molecule has 0 radical (unpaired) electrons. The van der Waals surface area contributed by atoms with Crippen LogP contribution in [0.25, 0.3) is 6.08 Å². The number of benzene rings is 1. The molecule has 0 saturated heterocycles. The van der Waals surface area contributed by atoms with Crippen LogP contribution in [0.15, 0.2) is 36.5 Å². The molecular weight excluding hydrogens is 320 g/mol. The van der Waals surface area contributed by atoms with Gasteiger partial charge in [0.05, 0.1) is 24.0 Å². The van der Waals surface area contributed by atoms with Gasteiger partial charge in [-0.25, -0.2) is 4.98 Å². The van der Waals surface area contributed by atoms with E-state index in [4.69, 9.17) is 25.8 Å². The number of anilines is 1. The van der Waals surface area contributed by atoms with Crippen LogP contribution >= 0.6 is 11.6 Å². The van der Waals surface area contributed by atoms with Crippen molar-refractivity contribution in [3.8, 4) is 17.4 Å². The molecule has 0 saturated carbocycles. The first-order valence-electron chi connectivity index (χ1n) is 6.74. The fourth-order valence-electron chi connectivity index (χ4n) is 2.01. The maximum absolute atomic E-state index is 11.9. The van der Waals surface area contributed by atoms with Crippen molar-refractivity contribution in [3.05, 3.63) is 47.1 Å². The van der Waals surface area contributed by atoms with E-state index in [0.29, 0.717) is 28.1 Å². The molecule has 0 bridgehead atoms. The van der Waals surface area contributed by atoms with E-state index in [1.54, 1.807) is 30.3 Å². The van der Waals surface area contributed by atoms with Gasteiger partial charge in [0.1, 0.15) is 0 Å². The van der Waals surface area contributed by atoms with Crippen LogP contribution in [0, 0.1) is 0 Å². The Labute approximate surface area is 137 Å². The van der Waals surface area contributed by atoms with Crippen molar-refractivity contribution >= 4 is 29.3 Å². The number of ether oxygens (including phenoxy) is 3. The minimum atomic E-state index is -0.286. The molecule has 6 nitrogen and oxygen atoms in total. The van der Waals surface area contributed by atoms with E-state index in [1.165, 1.54) is 19.4 Å². The number of rotatable bonds is 4. The van der Waals surface area contributed by atoms with E-state index in [2.05, 4.69) is 10.3 Å². The molecule has 3 rings (SSSR count). The summed E-state index contributed by atoms with van der Waals surface area (Å²) in [6, 6.07) is 6.83. The summed E-state index contributed by atoms with van der Waals surface area (Å²) < 4.78 is 15.5. The van der Waals surface area contributed by atoms with Crippen LogP contribution in [-0.4, -0.2) is 24.8 Å². The number of nitrogens with zero attached hydrogens (tertiary/aromatic N) is 1. The molecule has 0 fully saturated rings. The highest BCUT2D eigenvalue weighted by Crippen LogP contribution is 2.40. The SMILES string of the molecule is COc1ccc(NC(=O)C=Cc2cc(Cl)c3c(c2)OCO3)cn1. The van der Waals surface area contributed by atoms with Crippen molar-refractivity contribution < 1.29 is 19.0 Å². The molecule has 7 heteroatoms. The molecule has 1 amide bonds. The first kappa shape index (κ1) is 15.2. The first-order chi connectivity index (χ1) is 11.2. The van der Waals surface area contributed by atoms with Crippen LogP contribution in [0.4, 0.5) is 5.69 Å². The van der Waals surface area contributed by atoms with Crippen LogP contribution in [0.5, 0.6) is 17.4 Å². The standard InChI is InChI=1S/C16H13ClN2O4/c1-21-15-5-3-11(8-18-15)19-14(20)4-2-10-6-12(17)16-13(7-10)22-9-23-16/h2-8H,9H2,1H3,(H,19,20). The lowest BCUT2D eigenvalue weighted by molar-refractivity contribution is -0.111. The van der Waals surface area contributed by atoms with Gasteiger partial charge in [0.25, 0.3) is 0 Å². The van der Waals surface area contributed by atoms with Crippen LogP contribution in [0.3, 0.4) is 0 Å². The zero-order chi connectivity index (χ0) is 16.2. The van der Waals surface area contributed by atoms with Crippen molar-refractivity contribution in [2.24, 2.45) is 0 Å². The molecule has 1 N–H and O–H groups in total. The number of pyridine rings is 1. The van der Waals surface area contributed by atoms with Crippen molar-refractivity contribution in [1.29, 1.82) is 0 Å². The average Bonchev–Trinajstić information content (AvgIpc) is 3.03. The molecule has 0 spiro atoms. The number of carbonyl (C=O) groups is 1. The summed E-state index contributed by atoms with van der Waals surface area (Å²) in [6.45, 7) is 0.146. The largest absolute Gasteiger partial charge is 0.481 e. The molecule has 1 aliphatic heterocycles. The van der Waals surface area contributed by atoms with Gasteiger partial charge >= 0.3 is 0 Å². The lowest BCUT2D eigenvalue weighted by Crippen LogP contribution is -2.07. The van der Waals surface area contributed by atoms with Crippen molar-refractivity contribution in [2.75, 3.05) is 19.2 Å². The number of halogens is 1. The van der Waals surface area contributed by atoms with Crippen LogP contribution in [-0.2, 0) is 4.79 Å². The molecule has 2 heterocycles. The van der Waals surface area contributed by atoms with Gasteiger partial charge in [-0.05, 0) is 29.8 Å². The van der Waals surface area contributed by atoms with E-state index in [1.807, 2.05) is 0 Å². The molecule has 1 aliphatic rings. The highest BCUT2D eigenvalue weighted by Gasteiger charge is 2.17. The van der Waals surface area contributed by atoms with E-state index >= 15 is 0 Å². The van der Waals surface area contributed by atoms with E-state index in [-0.39, 0.29) is 12.7 Å². The highest BCUT2D eigenvalue weighted by atomic mass is 35.5. The third kappa shape index (κ3) is 3.54. The summed E-state index contributed by atoms with van der Waals surface area (Å²) in [4.78, 5) is 15.9. The number of methoxy groups -OCH3 is 1. The highest BCUT2D eigenvalue weighted by molar-refractivity contribution is 6.32.